The van der Waals surface area contributed by atoms with Crippen LogP contribution < -0.4 is 5.32 Å². The molecule has 94 valence electrons. The number of nitrogens with one attached hydrogen (secondary N) is 2. The summed E-state index contributed by atoms with van der Waals surface area (Å²) in [5.74, 6) is -1.28. The Morgan fingerprint density at radius 3 is 2.82 bits per heavy atom. The second-order valence-electron chi connectivity index (χ2n) is 3.49. The van der Waals surface area contributed by atoms with E-state index in [0.29, 0.717) is 6.54 Å². The summed E-state index contributed by atoms with van der Waals surface area (Å²) in [7, 11) is 1.51. The van der Waals surface area contributed by atoms with Gasteiger partial charge in [-0.1, -0.05) is 0 Å². The van der Waals surface area contributed by atoms with E-state index in [2.05, 4.69) is 15.5 Å². The van der Waals surface area contributed by atoms with Crippen molar-refractivity contribution in [3.05, 3.63) is 18.0 Å². The number of aromatic nitrogens is 2. The number of urea groups is 1. The number of carboxylic acid groups (broad SMARTS) is 1. The SMILES string of the molecule is CN(Cc1cn[nH]c1)C(=O)N[C@@H](CO)C(=O)O. The minimum absolute atomic E-state index is 0.292. The quantitative estimate of drug-likeness (QED) is 0.528. The molecule has 1 rings (SSSR count). The van der Waals surface area contributed by atoms with Gasteiger partial charge in [-0.25, -0.2) is 9.59 Å². The number of carbonyl (C=O) groups is 2. The molecule has 0 spiro atoms. The fraction of sp³-hybridized carbons (Fsp3) is 0.444. The van der Waals surface area contributed by atoms with Crippen LogP contribution in [0.4, 0.5) is 4.79 Å². The van der Waals surface area contributed by atoms with Crippen LogP contribution in [0.2, 0.25) is 0 Å². The Labute approximate surface area is 97.2 Å². The highest BCUT2D eigenvalue weighted by atomic mass is 16.4. The fourth-order valence-corrected chi connectivity index (χ4v) is 1.15. The molecule has 0 fully saturated rings. The number of aliphatic hydroxyl groups excluding tert-OH is 1. The largest absolute Gasteiger partial charge is 0.480 e. The van der Waals surface area contributed by atoms with E-state index in [-0.39, 0.29) is 0 Å². The number of nitrogens with zero attached hydrogens (tertiary/aromatic N) is 2. The molecule has 0 bridgehead atoms. The lowest BCUT2D eigenvalue weighted by Gasteiger charge is -2.19. The van der Waals surface area contributed by atoms with E-state index >= 15 is 0 Å². The van der Waals surface area contributed by atoms with Crippen molar-refractivity contribution in [3.63, 3.8) is 0 Å². The second kappa shape index (κ2) is 5.85. The summed E-state index contributed by atoms with van der Waals surface area (Å²) >= 11 is 0. The first-order chi connectivity index (χ1) is 8.04. The second-order valence-corrected chi connectivity index (χ2v) is 3.49. The summed E-state index contributed by atoms with van der Waals surface area (Å²) in [5.41, 5.74) is 0.790. The van der Waals surface area contributed by atoms with Gasteiger partial charge in [-0.2, -0.15) is 5.10 Å². The summed E-state index contributed by atoms with van der Waals surface area (Å²) in [6.45, 7) is -0.360. The standard InChI is InChI=1S/C9H14N4O4/c1-13(4-6-2-10-11-3-6)9(17)12-7(5-14)8(15)16/h2-3,7,14H,4-5H2,1H3,(H,10,11)(H,12,17)(H,15,16)/t7-/m0/s1. The molecule has 8 heteroatoms. The number of amides is 2. The molecule has 1 aromatic rings. The molecule has 0 aromatic carbocycles. The van der Waals surface area contributed by atoms with Crippen LogP contribution in [0.1, 0.15) is 5.56 Å². The average Bonchev–Trinajstić information content (AvgIpc) is 2.77. The van der Waals surface area contributed by atoms with Crippen molar-refractivity contribution in [1.29, 1.82) is 0 Å². The van der Waals surface area contributed by atoms with Crippen molar-refractivity contribution < 1.29 is 19.8 Å². The Balaban J connectivity index is 2.49. The van der Waals surface area contributed by atoms with Crippen molar-refractivity contribution in [1.82, 2.24) is 20.4 Å². The van der Waals surface area contributed by atoms with Gasteiger partial charge in [0.15, 0.2) is 6.04 Å². The maximum atomic E-state index is 11.6. The van der Waals surface area contributed by atoms with E-state index in [0.717, 1.165) is 5.56 Å². The number of aliphatic hydroxyl groups is 1. The van der Waals surface area contributed by atoms with Gasteiger partial charge in [0.25, 0.3) is 0 Å². The van der Waals surface area contributed by atoms with Gasteiger partial charge in [0.1, 0.15) is 0 Å². The zero-order chi connectivity index (χ0) is 12.8. The molecule has 4 N–H and O–H groups in total. The highest BCUT2D eigenvalue weighted by Crippen LogP contribution is 2.00. The van der Waals surface area contributed by atoms with E-state index in [4.69, 9.17) is 10.2 Å². The van der Waals surface area contributed by atoms with Gasteiger partial charge in [0.05, 0.1) is 19.3 Å². The van der Waals surface area contributed by atoms with Gasteiger partial charge in [0.2, 0.25) is 0 Å². The molecule has 0 saturated heterocycles. The molecule has 8 nitrogen and oxygen atoms in total. The Morgan fingerprint density at radius 2 is 2.35 bits per heavy atom. The number of rotatable bonds is 5. The lowest BCUT2D eigenvalue weighted by atomic mass is 10.3. The van der Waals surface area contributed by atoms with Crippen molar-refractivity contribution in [3.8, 4) is 0 Å². The zero-order valence-electron chi connectivity index (χ0n) is 9.25. The van der Waals surface area contributed by atoms with Crippen LogP contribution in [0, 0.1) is 0 Å². The van der Waals surface area contributed by atoms with Crippen molar-refractivity contribution in [2.45, 2.75) is 12.6 Å². The van der Waals surface area contributed by atoms with E-state index in [1.54, 1.807) is 12.4 Å². The first-order valence-electron chi connectivity index (χ1n) is 4.87. The van der Waals surface area contributed by atoms with Crippen molar-refractivity contribution in [2.75, 3.05) is 13.7 Å². The molecule has 0 aliphatic heterocycles. The monoisotopic (exact) mass is 242 g/mol. The molecule has 0 aliphatic carbocycles. The van der Waals surface area contributed by atoms with Crippen LogP contribution in [0.5, 0.6) is 0 Å². The zero-order valence-corrected chi connectivity index (χ0v) is 9.25. The van der Waals surface area contributed by atoms with E-state index in [1.807, 2.05) is 0 Å². The summed E-state index contributed by atoms with van der Waals surface area (Å²) in [4.78, 5) is 23.4. The number of aromatic amines is 1. The first kappa shape index (κ1) is 13.0. The molecule has 1 heterocycles. The minimum Gasteiger partial charge on any atom is -0.480 e. The molecule has 0 radical (unpaired) electrons. The number of hydrogen-bond acceptors (Lipinski definition) is 4. The number of carboxylic acids is 1. The van der Waals surface area contributed by atoms with Crippen LogP contribution >= 0.6 is 0 Å². The highest BCUT2D eigenvalue weighted by Gasteiger charge is 2.20. The molecule has 0 aliphatic rings. The summed E-state index contributed by atoms with van der Waals surface area (Å²) in [6, 6.07) is -1.87. The van der Waals surface area contributed by atoms with Crippen LogP contribution in [0.15, 0.2) is 12.4 Å². The Morgan fingerprint density at radius 1 is 1.65 bits per heavy atom. The van der Waals surface area contributed by atoms with Gasteiger partial charge < -0.3 is 20.4 Å². The molecule has 1 atom stereocenters. The van der Waals surface area contributed by atoms with Gasteiger partial charge in [-0.05, 0) is 0 Å². The highest BCUT2D eigenvalue weighted by molar-refractivity contribution is 5.82. The number of aliphatic carboxylic acids is 1. The molecule has 0 saturated carbocycles. The van der Waals surface area contributed by atoms with Gasteiger partial charge >= 0.3 is 12.0 Å². The minimum atomic E-state index is -1.30. The molecule has 1 aromatic heterocycles. The van der Waals surface area contributed by atoms with E-state index in [9.17, 15) is 9.59 Å². The third-order valence-electron chi connectivity index (χ3n) is 2.10. The summed E-state index contributed by atoms with van der Waals surface area (Å²) in [5, 5.41) is 25.9. The van der Waals surface area contributed by atoms with Crippen LogP contribution in [-0.4, -0.2) is 57.0 Å². The van der Waals surface area contributed by atoms with Crippen LogP contribution in [-0.2, 0) is 11.3 Å². The molecule has 2 amide bonds. The van der Waals surface area contributed by atoms with Crippen LogP contribution in [0.3, 0.4) is 0 Å². The smallest absolute Gasteiger partial charge is 0.328 e. The molecule has 0 unspecified atom stereocenters. The number of carbonyl (C=O) groups excluding carboxylic acids is 1. The van der Waals surface area contributed by atoms with E-state index < -0.39 is 24.6 Å². The van der Waals surface area contributed by atoms with Crippen molar-refractivity contribution in [2.24, 2.45) is 0 Å². The predicted molar refractivity (Wildman–Crippen MR) is 57.1 cm³/mol. The normalized spacial score (nSPS) is 11.9. The first-order valence-corrected chi connectivity index (χ1v) is 4.87. The summed E-state index contributed by atoms with van der Waals surface area (Å²) < 4.78 is 0. The van der Waals surface area contributed by atoms with Crippen LogP contribution in [0.25, 0.3) is 0 Å². The lowest BCUT2D eigenvalue weighted by molar-refractivity contribution is -0.140. The number of hydrogen-bond donors (Lipinski definition) is 4. The topological polar surface area (TPSA) is 119 Å². The molecule has 17 heavy (non-hydrogen) atoms. The number of H-pyrrole nitrogens is 1. The Kier molecular flexibility index (Phi) is 4.46. The maximum absolute atomic E-state index is 11.6. The lowest BCUT2D eigenvalue weighted by Crippen LogP contribution is -2.48. The van der Waals surface area contributed by atoms with Gasteiger partial charge in [-0.15, -0.1) is 0 Å². The van der Waals surface area contributed by atoms with E-state index in [1.165, 1.54) is 11.9 Å². The predicted octanol–water partition coefficient (Wildman–Crippen LogP) is -1.00. The Hall–Kier alpha value is -2.09. The third kappa shape index (κ3) is 3.76. The van der Waals surface area contributed by atoms with Gasteiger partial charge in [0, 0.05) is 18.8 Å². The maximum Gasteiger partial charge on any atom is 0.328 e. The fourth-order valence-electron chi connectivity index (χ4n) is 1.15. The average molecular weight is 242 g/mol. The molecular formula is C9H14N4O4. The third-order valence-corrected chi connectivity index (χ3v) is 2.10. The Bertz CT molecular complexity index is 378. The van der Waals surface area contributed by atoms with Crippen molar-refractivity contribution >= 4 is 12.0 Å². The summed E-state index contributed by atoms with van der Waals surface area (Å²) in [6.07, 6.45) is 3.19. The molecular weight excluding hydrogens is 228 g/mol. The van der Waals surface area contributed by atoms with Gasteiger partial charge in [-0.3, -0.25) is 5.10 Å².